The number of aromatic nitrogens is 1. The highest BCUT2D eigenvalue weighted by molar-refractivity contribution is 5.76. The fraction of sp³-hybridized carbons (Fsp3) is 0.750. The van der Waals surface area contributed by atoms with Gasteiger partial charge in [-0.15, -0.1) is 0 Å². The lowest BCUT2D eigenvalue weighted by molar-refractivity contribution is -0.389. The van der Waals surface area contributed by atoms with Gasteiger partial charge in [0.2, 0.25) is 0 Å². The molecule has 0 fully saturated rings. The third kappa shape index (κ3) is 14.7. The molecule has 1 atom stereocenters. The zero-order valence-corrected chi connectivity index (χ0v) is 21.6. The van der Waals surface area contributed by atoms with Crippen LogP contribution in [0.25, 0.3) is 0 Å². The van der Waals surface area contributed by atoms with Gasteiger partial charge in [0.1, 0.15) is 0 Å². The Balaban J connectivity index is 2.96. The summed E-state index contributed by atoms with van der Waals surface area (Å²) in [4.78, 5) is 16.2. The van der Waals surface area contributed by atoms with Crippen LogP contribution in [0, 0.1) is 0 Å². The van der Waals surface area contributed by atoms with E-state index in [0.29, 0.717) is 45.2 Å². The van der Waals surface area contributed by atoms with E-state index in [0.717, 1.165) is 0 Å². The zero-order chi connectivity index (χ0) is 26.3. The van der Waals surface area contributed by atoms with Crippen LogP contribution in [0.5, 0.6) is 0 Å². The van der Waals surface area contributed by atoms with Crippen molar-refractivity contribution in [2.45, 2.75) is 18.3 Å². The minimum atomic E-state index is -1.69. The Morgan fingerprint density at radius 1 is 0.722 bits per heavy atom. The fourth-order valence-electron chi connectivity index (χ4n) is 3.00. The fourth-order valence-corrected chi connectivity index (χ4v) is 3.00. The maximum Gasteiger partial charge on any atom is 0.311 e. The van der Waals surface area contributed by atoms with Gasteiger partial charge in [0.25, 0.3) is 5.97 Å². The van der Waals surface area contributed by atoms with Gasteiger partial charge in [-0.1, -0.05) is 0 Å². The number of hydrogen-bond acceptors (Lipinski definition) is 11. The number of carboxylic acids is 1. The van der Waals surface area contributed by atoms with E-state index in [4.69, 9.17) is 42.6 Å². The topological polar surface area (TPSA) is 133 Å². The number of pyridine rings is 1. The predicted octanol–water partition coefficient (Wildman–Crippen LogP) is 1.33. The second kappa shape index (κ2) is 21.4. The van der Waals surface area contributed by atoms with Gasteiger partial charge < -0.3 is 47.7 Å². The molecule has 1 N–H and O–H groups in total. The standard InChI is InChI=1S/C24H41NO11/c1-28-8-11-31-14-17-34-24(35-18-15-32-12-9-29-2,36-19-16-33-13-10-30-3)20-22(23(26)27)21-4-6-25-7-5-21/h4-7,22H,8-20H2,1-3H3,(H,26,27). The molecule has 1 heterocycles. The normalized spacial score (nSPS) is 12.6. The van der Waals surface area contributed by atoms with Crippen molar-refractivity contribution in [2.24, 2.45) is 0 Å². The highest BCUT2D eigenvalue weighted by Gasteiger charge is 2.40. The van der Waals surface area contributed by atoms with Crippen LogP contribution >= 0.6 is 0 Å². The first-order valence-corrected chi connectivity index (χ1v) is 11.8. The summed E-state index contributed by atoms with van der Waals surface area (Å²) in [6, 6.07) is 3.28. The van der Waals surface area contributed by atoms with Gasteiger partial charge in [-0.25, -0.2) is 0 Å². The van der Waals surface area contributed by atoms with Gasteiger partial charge in [0, 0.05) is 40.1 Å². The number of ether oxygens (including phenoxy) is 9. The molecule has 1 aromatic heterocycles. The molecule has 36 heavy (non-hydrogen) atoms. The highest BCUT2D eigenvalue weighted by atomic mass is 16.9. The van der Waals surface area contributed by atoms with E-state index in [1.807, 2.05) is 0 Å². The van der Waals surface area contributed by atoms with Gasteiger partial charge in [-0.3, -0.25) is 9.78 Å². The van der Waals surface area contributed by atoms with E-state index in [1.54, 1.807) is 33.5 Å². The van der Waals surface area contributed by atoms with Gasteiger partial charge in [-0.2, -0.15) is 0 Å². The molecule has 0 saturated heterocycles. The highest BCUT2D eigenvalue weighted by Crippen LogP contribution is 2.31. The Bertz CT molecular complexity index is 609. The van der Waals surface area contributed by atoms with E-state index in [9.17, 15) is 9.90 Å². The van der Waals surface area contributed by atoms with Crippen LogP contribution in [-0.2, 0) is 47.4 Å². The van der Waals surface area contributed by atoms with E-state index < -0.39 is 17.9 Å². The molecule has 208 valence electrons. The molecule has 0 amide bonds. The van der Waals surface area contributed by atoms with E-state index in [-0.39, 0.29) is 46.1 Å². The van der Waals surface area contributed by atoms with Crippen molar-refractivity contribution >= 4 is 5.97 Å². The van der Waals surface area contributed by atoms with Crippen LogP contribution in [0.15, 0.2) is 24.5 Å². The lowest BCUT2D eigenvalue weighted by atomic mass is 9.95. The summed E-state index contributed by atoms with van der Waals surface area (Å²) in [5, 5.41) is 9.99. The molecule has 0 aliphatic rings. The molecule has 0 radical (unpaired) electrons. The van der Waals surface area contributed by atoms with Gasteiger partial charge in [0.05, 0.1) is 85.2 Å². The average molecular weight is 520 g/mol. The second-order valence-electron chi connectivity index (χ2n) is 7.42. The lowest BCUT2D eigenvalue weighted by Gasteiger charge is -2.35. The molecular weight excluding hydrogens is 478 g/mol. The molecule has 1 aromatic rings. The number of nitrogens with zero attached hydrogens (tertiary/aromatic N) is 1. The summed E-state index contributed by atoms with van der Waals surface area (Å²) in [6.45, 7) is 3.51. The summed E-state index contributed by atoms with van der Waals surface area (Å²) in [6.07, 6.45) is 2.94. The molecule has 12 nitrogen and oxygen atoms in total. The first-order chi connectivity index (χ1) is 17.6. The van der Waals surface area contributed by atoms with Crippen molar-refractivity contribution < 1.29 is 52.5 Å². The molecule has 1 unspecified atom stereocenters. The molecule has 0 saturated carbocycles. The molecular formula is C24H41NO11. The van der Waals surface area contributed by atoms with Crippen LogP contribution in [0.4, 0.5) is 0 Å². The number of hydrogen-bond donors (Lipinski definition) is 1. The maximum atomic E-state index is 12.2. The summed E-state index contributed by atoms with van der Waals surface area (Å²) < 4.78 is 49.4. The van der Waals surface area contributed by atoms with Crippen molar-refractivity contribution in [3.63, 3.8) is 0 Å². The van der Waals surface area contributed by atoms with Gasteiger partial charge in [-0.05, 0) is 17.7 Å². The molecule has 0 spiro atoms. The van der Waals surface area contributed by atoms with Crippen LogP contribution in [0.3, 0.4) is 0 Å². The minimum Gasteiger partial charge on any atom is -0.481 e. The Morgan fingerprint density at radius 2 is 1.11 bits per heavy atom. The van der Waals surface area contributed by atoms with Gasteiger partial charge in [0.15, 0.2) is 0 Å². The number of carboxylic acid groups (broad SMARTS) is 1. The number of methoxy groups -OCH3 is 3. The van der Waals surface area contributed by atoms with Crippen molar-refractivity contribution in [1.29, 1.82) is 0 Å². The second-order valence-corrected chi connectivity index (χ2v) is 7.42. The lowest BCUT2D eigenvalue weighted by Crippen LogP contribution is -2.44. The molecule has 0 bridgehead atoms. The van der Waals surface area contributed by atoms with Crippen molar-refractivity contribution in [3.8, 4) is 0 Å². The maximum absolute atomic E-state index is 12.2. The van der Waals surface area contributed by atoms with Crippen molar-refractivity contribution in [3.05, 3.63) is 30.1 Å². The van der Waals surface area contributed by atoms with Crippen LogP contribution in [0.2, 0.25) is 0 Å². The largest absolute Gasteiger partial charge is 0.481 e. The first kappa shape index (κ1) is 32.3. The van der Waals surface area contributed by atoms with Crippen molar-refractivity contribution in [2.75, 3.05) is 101 Å². The summed E-state index contributed by atoms with van der Waals surface area (Å²) in [7, 11) is 4.75. The smallest absolute Gasteiger partial charge is 0.311 e. The Labute approximate surface area is 213 Å². The SMILES string of the molecule is COCCOCCOC(CC(C(=O)O)c1ccncc1)(OCCOCCOC)OCCOCCOC. The third-order valence-corrected chi connectivity index (χ3v) is 4.81. The summed E-state index contributed by atoms with van der Waals surface area (Å²) in [5.41, 5.74) is 0.543. The Hall–Kier alpha value is -1.74. The molecule has 0 aliphatic carbocycles. The van der Waals surface area contributed by atoms with E-state index >= 15 is 0 Å². The predicted molar refractivity (Wildman–Crippen MR) is 128 cm³/mol. The van der Waals surface area contributed by atoms with Crippen LogP contribution < -0.4 is 0 Å². The first-order valence-electron chi connectivity index (χ1n) is 11.8. The molecule has 0 aromatic carbocycles. The monoisotopic (exact) mass is 519 g/mol. The van der Waals surface area contributed by atoms with Gasteiger partial charge >= 0.3 is 5.97 Å². The molecule has 1 rings (SSSR count). The Kier molecular flexibility index (Phi) is 19.2. The molecule has 12 heteroatoms. The summed E-state index contributed by atoms with van der Waals surface area (Å²) in [5.74, 6) is -3.72. The molecule has 0 aliphatic heterocycles. The quantitative estimate of drug-likeness (QED) is 0.148. The van der Waals surface area contributed by atoms with Crippen LogP contribution in [-0.4, -0.2) is 123 Å². The Morgan fingerprint density at radius 3 is 1.47 bits per heavy atom. The summed E-state index contributed by atoms with van der Waals surface area (Å²) >= 11 is 0. The number of rotatable bonds is 25. The van der Waals surface area contributed by atoms with Crippen molar-refractivity contribution in [1.82, 2.24) is 4.98 Å². The number of aliphatic carboxylic acids is 1. The van der Waals surface area contributed by atoms with E-state index in [2.05, 4.69) is 4.98 Å². The van der Waals surface area contributed by atoms with E-state index in [1.165, 1.54) is 12.4 Å². The zero-order valence-electron chi connectivity index (χ0n) is 21.6. The minimum absolute atomic E-state index is 0.0987. The third-order valence-electron chi connectivity index (χ3n) is 4.81. The average Bonchev–Trinajstić information content (AvgIpc) is 2.89. The number of carbonyl (C=O) groups is 1. The van der Waals surface area contributed by atoms with Crippen LogP contribution in [0.1, 0.15) is 17.9 Å².